The fourth-order valence-electron chi connectivity index (χ4n) is 2.60. The molecule has 1 atom stereocenters. The summed E-state index contributed by atoms with van der Waals surface area (Å²) in [6.45, 7) is 5.24. The van der Waals surface area contributed by atoms with E-state index in [1.807, 2.05) is 24.3 Å². The van der Waals surface area contributed by atoms with Crippen molar-refractivity contribution < 1.29 is 5.11 Å². The third-order valence-electron chi connectivity index (χ3n) is 3.73. The van der Waals surface area contributed by atoms with Crippen LogP contribution in [0.4, 0.5) is 0 Å². The number of hydrogen-bond acceptors (Lipinski definition) is 2. The molecule has 1 aliphatic rings. The van der Waals surface area contributed by atoms with Crippen molar-refractivity contribution in [2.45, 2.75) is 31.8 Å². The normalized spacial score (nSPS) is 26.8. The van der Waals surface area contributed by atoms with Crippen LogP contribution in [0, 0.1) is 0 Å². The van der Waals surface area contributed by atoms with E-state index in [1.165, 1.54) is 0 Å². The van der Waals surface area contributed by atoms with Gasteiger partial charge in [0.2, 0.25) is 0 Å². The summed E-state index contributed by atoms with van der Waals surface area (Å²) in [6.07, 6.45) is 2.59. The molecule has 1 N–H and O–H groups in total. The zero-order chi connectivity index (χ0) is 12.3. The highest BCUT2D eigenvalue weighted by Gasteiger charge is 2.33. The lowest BCUT2D eigenvalue weighted by molar-refractivity contribution is 0.0215. The molecule has 0 aromatic heterocycles. The SMILES string of the molecule is CCN1CCCC(O)(c2ccccc2Cl)CC1. The lowest BCUT2D eigenvalue weighted by Gasteiger charge is -2.28. The summed E-state index contributed by atoms with van der Waals surface area (Å²) < 4.78 is 0. The van der Waals surface area contributed by atoms with Gasteiger partial charge in [0.1, 0.15) is 0 Å². The minimum absolute atomic E-state index is 0.681. The van der Waals surface area contributed by atoms with Gasteiger partial charge < -0.3 is 10.0 Å². The van der Waals surface area contributed by atoms with Crippen LogP contribution in [0.15, 0.2) is 24.3 Å². The molecule has 0 radical (unpaired) electrons. The molecule has 0 aliphatic carbocycles. The van der Waals surface area contributed by atoms with E-state index in [2.05, 4.69) is 11.8 Å². The molecular formula is C14H20ClNO. The van der Waals surface area contributed by atoms with Gasteiger partial charge in [-0.25, -0.2) is 0 Å². The maximum Gasteiger partial charge on any atom is 0.0923 e. The Hall–Kier alpha value is -0.570. The van der Waals surface area contributed by atoms with Crippen LogP contribution in [0.5, 0.6) is 0 Å². The van der Waals surface area contributed by atoms with Crippen LogP contribution in [0.3, 0.4) is 0 Å². The van der Waals surface area contributed by atoms with Crippen molar-refractivity contribution in [3.05, 3.63) is 34.9 Å². The Labute approximate surface area is 108 Å². The van der Waals surface area contributed by atoms with E-state index in [-0.39, 0.29) is 0 Å². The van der Waals surface area contributed by atoms with E-state index >= 15 is 0 Å². The van der Waals surface area contributed by atoms with Gasteiger partial charge in [-0.3, -0.25) is 0 Å². The summed E-state index contributed by atoms with van der Waals surface area (Å²) in [5.41, 5.74) is 0.141. The summed E-state index contributed by atoms with van der Waals surface area (Å²) in [7, 11) is 0. The van der Waals surface area contributed by atoms with Gasteiger partial charge in [-0.05, 0) is 38.4 Å². The van der Waals surface area contributed by atoms with Crippen LogP contribution in [0.25, 0.3) is 0 Å². The smallest absolute Gasteiger partial charge is 0.0923 e. The molecule has 94 valence electrons. The lowest BCUT2D eigenvalue weighted by atomic mass is 9.87. The molecule has 0 bridgehead atoms. The summed E-state index contributed by atoms with van der Waals surface area (Å²) in [6, 6.07) is 7.66. The van der Waals surface area contributed by atoms with E-state index in [9.17, 15) is 5.11 Å². The molecule has 1 fully saturated rings. The van der Waals surface area contributed by atoms with Crippen molar-refractivity contribution in [2.24, 2.45) is 0 Å². The number of halogens is 1. The number of rotatable bonds is 2. The Kier molecular flexibility index (Phi) is 4.08. The average molecular weight is 254 g/mol. The molecule has 0 spiro atoms. The number of aliphatic hydroxyl groups is 1. The van der Waals surface area contributed by atoms with E-state index in [4.69, 9.17) is 11.6 Å². The van der Waals surface area contributed by atoms with Gasteiger partial charge in [-0.1, -0.05) is 36.7 Å². The standard InChI is InChI=1S/C14H20ClNO/c1-2-16-10-5-8-14(17,9-11-16)12-6-3-4-7-13(12)15/h3-4,6-7,17H,2,5,8-11H2,1H3. The third-order valence-corrected chi connectivity index (χ3v) is 4.06. The van der Waals surface area contributed by atoms with Gasteiger partial charge in [-0.15, -0.1) is 0 Å². The highest BCUT2D eigenvalue weighted by atomic mass is 35.5. The van der Waals surface area contributed by atoms with Crippen molar-refractivity contribution >= 4 is 11.6 Å². The number of nitrogens with zero attached hydrogens (tertiary/aromatic N) is 1. The van der Waals surface area contributed by atoms with Gasteiger partial charge in [-0.2, -0.15) is 0 Å². The highest BCUT2D eigenvalue weighted by Crippen LogP contribution is 2.36. The second kappa shape index (κ2) is 5.38. The molecule has 1 heterocycles. The maximum atomic E-state index is 10.8. The Morgan fingerprint density at radius 1 is 1.29 bits per heavy atom. The van der Waals surface area contributed by atoms with Crippen LogP contribution in [-0.4, -0.2) is 29.6 Å². The van der Waals surface area contributed by atoms with Crippen LogP contribution in [0.2, 0.25) is 5.02 Å². The predicted octanol–water partition coefficient (Wildman–Crippen LogP) is 3.03. The molecule has 0 amide bonds. The number of likely N-dealkylation sites (tertiary alicyclic amines) is 1. The Morgan fingerprint density at radius 3 is 2.76 bits per heavy atom. The molecule has 1 saturated heterocycles. The van der Waals surface area contributed by atoms with E-state index in [0.717, 1.165) is 44.5 Å². The fraction of sp³-hybridized carbons (Fsp3) is 0.571. The number of hydrogen-bond donors (Lipinski definition) is 1. The minimum atomic E-state index is -0.748. The first-order chi connectivity index (χ1) is 8.15. The Balaban J connectivity index is 2.21. The molecule has 1 unspecified atom stereocenters. The van der Waals surface area contributed by atoms with Crippen LogP contribution < -0.4 is 0 Å². The molecule has 1 aromatic carbocycles. The molecule has 17 heavy (non-hydrogen) atoms. The number of benzene rings is 1. The largest absolute Gasteiger partial charge is 0.385 e. The monoisotopic (exact) mass is 253 g/mol. The zero-order valence-corrected chi connectivity index (χ0v) is 11.1. The first-order valence-electron chi connectivity index (χ1n) is 6.35. The van der Waals surface area contributed by atoms with Gasteiger partial charge >= 0.3 is 0 Å². The van der Waals surface area contributed by atoms with E-state index in [1.54, 1.807) is 0 Å². The van der Waals surface area contributed by atoms with Gasteiger partial charge in [0.25, 0.3) is 0 Å². The van der Waals surface area contributed by atoms with Gasteiger partial charge in [0.05, 0.1) is 5.60 Å². The third kappa shape index (κ3) is 2.82. The topological polar surface area (TPSA) is 23.5 Å². The Bertz CT molecular complexity index is 382. The quantitative estimate of drug-likeness (QED) is 0.876. The minimum Gasteiger partial charge on any atom is -0.385 e. The molecule has 1 aromatic rings. The molecule has 2 rings (SSSR count). The van der Waals surface area contributed by atoms with Crippen molar-refractivity contribution in [3.8, 4) is 0 Å². The summed E-state index contributed by atoms with van der Waals surface area (Å²) in [4.78, 5) is 2.38. The van der Waals surface area contributed by atoms with Crippen molar-refractivity contribution in [1.82, 2.24) is 4.90 Å². The Morgan fingerprint density at radius 2 is 2.06 bits per heavy atom. The summed E-state index contributed by atoms with van der Waals surface area (Å²) >= 11 is 6.20. The van der Waals surface area contributed by atoms with Crippen molar-refractivity contribution in [3.63, 3.8) is 0 Å². The predicted molar refractivity (Wildman–Crippen MR) is 71.3 cm³/mol. The summed E-state index contributed by atoms with van der Waals surface area (Å²) in [5.74, 6) is 0. The molecule has 2 nitrogen and oxygen atoms in total. The van der Waals surface area contributed by atoms with E-state index < -0.39 is 5.60 Å². The van der Waals surface area contributed by atoms with Crippen molar-refractivity contribution in [1.29, 1.82) is 0 Å². The maximum absolute atomic E-state index is 10.8. The second-order valence-electron chi connectivity index (χ2n) is 4.80. The first-order valence-corrected chi connectivity index (χ1v) is 6.73. The zero-order valence-electron chi connectivity index (χ0n) is 10.3. The van der Waals surface area contributed by atoms with E-state index in [0.29, 0.717) is 5.02 Å². The van der Waals surface area contributed by atoms with Gasteiger partial charge in [0, 0.05) is 17.1 Å². The van der Waals surface area contributed by atoms with Crippen molar-refractivity contribution in [2.75, 3.05) is 19.6 Å². The summed E-state index contributed by atoms with van der Waals surface area (Å²) in [5, 5.41) is 11.5. The lowest BCUT2D eigenvalue weighted by Crippen LogP contribution is -2.29. The molecular weight excluding hydrogens is 234 g/mol. The second-order valence-corrected chi connectivity index (χ2v) is 5.21. The highest BCUT2D eigenvalue weighted by molar-refractivity contribution is 6.31. The fourth-order valence-corrected chi connectivity index (χ4v) is 2.91. The first kappa shape index (κ1) is 12.9. The van der Waals surface area contributed by atoms with Crippen LogP contribution >= 0.6 is 11.6 Å². The molecule has 0 saturated carbocycles. The van der Waals surface area contributed by atoms with Gasteiger partial charge in [0.15, 0.2) is 0 Å². The van der Waals surface area contributed by atoms with Crippen LogP contribution in [0.1, 0.15) is 31.7 Å². The molecule has 3 heteroatoms. The molecule has 1 aliphatic heterocycles. The van der Waals surface area contributed by atoms with Crippen LogP contribution in [-0.2, 0) is 5.60 Å². The average Bonchev–Trinajstić information content (AvgIpc) is 2.52.